The molecular weight excluding hydrogens is 267 g/mol. The Labute approximate surface area is 124 Å². The Morgan fingerprint density at radius 2 is 2.00 bits per heavy atom. The second-order valence-electron chi connectivity index (χ2n) is 4.61. The van der Waals surface area contributed by atoms with Crippen molar-refractivity contribution in [1.29, 1.82) is 5.26 Å². The van der Waals surface area contributed by atoms with E-state index in [0.29, 0.717) is 6.54 Å². The number of para-hydroxylation sites is 1. The maximum atomic E-state index is 13.0. The Kier molecular flexibility index (Phi) is 5.74. The summed E-state index contributed by atoms with van der Waals surface area (Å²) in [6.07, 6.45) is 0.763. The van der Waals surface area contributed by atoms with E-state index in [9.17, 15) is 4.39 Å². The van der Waals surface area contributed by atoms with E-state index in [1.165, 1.54) is 6.07 Å². The van der Waals surface area contributed by atoms with Gasteiger partial charge in [0.1, 0.15) is 17.6 Å². The van der Waals surface area contributed by atoms with Gasteiger partial charge in [-0.05, 0) is 36.7 Å². The van der Waals surface area contributed by atoms with Crippen molar-refractivity contribution in [3.05, 3.63) is 65.5 Å². The van der Waals surface area contributed by atoms with Crippen LogP contribution in [0.4, 0.5) is 4.39 Å². The lowest BCUT2D eigenvalue weighted by atomic mass is 10.1. The third kappa shape index (κ3) is 4.90. The highest BCUT2D eigenvalue weighted by Gasteiger charge is 2.02. The zero-order valence-electron chi connectivity index (χ0n) is 11.7. The number of hydrogen-bond acceptors (Lipinski definition) is 3. The lowest BCUT2D eigenvalue weighted by Gasteiger charge is -2.10. The van der Waals surface area contributed by atoms with Gasteiger partial charge >= 0.3 is 0 Å². The molecule has 0 atom stereocenters. The molecule has 0 aromatic heterocycles. The number of nitriles is 1. The quantitative estimate of drug-likeness (QED) is 0.795. The van der Waals surface area contributed by atoms with E-state index in [1.807, 2.05) is 36.4 Å². The fourth-order valence-corrected chi connectivity index (χ4v) is 2.05. The molecule has 4 heteroatoms. The fraction of sp³-hybridized carbons (Fsp3) is 0.235. The van der Waals surface area contributed by atoms with Crippen molar-refractivity contribution in [2.45, 2.75) is 13.0 Å². The summed E-state index contributed by atoms with van der Waals surface area (Å²) in [5.74, 6) is 0.514. The van der Waals surface area contributed by atoms with Crippen LogP contribution in [0.25, 0.3) is 0 Å². The van der Waals surface area contributed by atoms with Crippen LogP contribution in [-0.2, 0) is 13.0 Å². The standard InChI is InChI=1S/C17H17FN2O/c18-16-6-3-4-14(12-16)8-10-20-13-15-5-1-2-7-17(15)21-11-9-19/h1-7,12,20H,8,10-11,13H2. The van der Waals surface area contributed by atoms with Crippen LogP contribution in [0, 0.1) is 17.1 Å². The molecule has 21 heavy (non-hydrogen) atoms. The van der Waals surface area contributed by atoms with Crippen molar-refractivity contribution in [1.82, 2.24) is 5.32 Å². The molecule has 1 N–H and O–H groups in total. The monoisotopic (exact) mass is 284 g/mol. The minimum atomic E-state index is -0.206. The van der Waals surface area contributed by atoms with Gasteiger partial charge in [-0.15, -0.1) is 0 Å². The van der Waals surface area contributed by atoms with Crippen LogP contribution >= 0.6 is 0 Å². The topological polar surface area (TPSA) is 45.0 Å². The van der Waals surface area contributed by atoms with Crippen LogP contribution < -0.4 is 10.1 Å². The number of ether oxygens (including phenoxy) is 1. The molecular formula is C17H17FN2O. The van der Waals surface area contributed by atoms with Gasteiger partial charge in [0.2, 0.25) is 0 Å². The number of nitrogens with one attached hydrogen (secondary N) is 1. The summed E-state index contributed by atoms with van der Waals surface area (Å²) in [6.45, 7) is 1.44. The number of halogens is 1. The molecule has 2 aromatic carbocycles. The Hall–Kier alpha value is -2.38. The van der Waals surface area contributed by atoms with Crippen LogP contribution in [0.2, 0.25) is 0 Å². The van der Waals surface area contributed by atoms with E-state index in [-0.39, 0.29) is 12.4 Å². The van der Waals surface area contributed by atoms with Crippen molar-refractivity contribution in [2.24, 2.45) is 0 Å². The van der Waals surface area contributed by atoms with Crippen molar-refractivity contribution in [2.75, 3.05) is 13.2 Å². The Morgan fingerprint density at radius 1 is 1.14 bits per heavy atom. The number of hydrogen-bond donors (Lipinski definition) is 1. The molecule has 0 heterocycles. The molecule has 0 fully saturated rings. The minimum absolute atomic E-state index is 0.0420. The summed E-state index contributed by atoms with van der Waals surface area (Å²) in [5.41, 5.74) is 1.98. The molecule has 0 amide bonds. The summed E-state index contributed by atoms with van der Waals surface area (Å²) in [4.78, 5) is 0. The smallest absolute Gasteiger partial charge is 0.174 e. The molecule has 0 saturated carbocycles. The highest BCUT2D eigenvalue weighted by Crippen LogP contribution is 2.17. The predicted molar refractivity (Wildman–Crippen MR) is 79.4 cm³/mol. The Bertz CT molecular complexity index is 622. The van der Waals surface area contributed by atoms with E-state index in [1.54, 1.807) is 12.1 Å². The lowest BCUT2D eigenvalue weighted by molar-refractivity contribution is 0.362. The summed E-state index contributed by atoms with van der Waals surface area (Å²) in [5, 5.41) is 11.9. The largest absolute Gasteiger partial charge is 0.478 e. The maximum absolute atomic E-state index is 13.0. The molecule has 0 aliphatic rings. The van der Waals surface area contributed by atoms with Crippen molar-refractivity contribution in [3.8, 4) is 11.8 Å². The molecule has 0 aliphatic heterocycles. The van der Waals surface area contributed by atoms with Crippen molar-refractivity contribution in [3.63, 3.8) is 0 Å². The average molecular weight is 284 g/mol. The van der Waals surface area contributed by atoms with Crippen molar-refractivity contribution >= 4 is 0 Å². The third-order valence-electron chi connectivity index (χ3n) is 3.06. The van der Waals surface area contributed by atoms with Gasteiger partial charge in [-0.2, -0.15) is 5.26 Å². The molecule has 0 unspecified atom stereocenters. The molecule has 108 valence electrons. The molecule has 0 saturated heterocycles. The van der Waals surface area contributed by atoms with Gasteiger partial charge in [-0.25, -0.2) is 4.39 Å². The molecule has 2 aromatic rings. The summed E-state index contributed by atoms with van der Waals surface area (Å²) in [7, 11) is 0. The molecule has 0 bridgehead atoms. The van der Waals surface area contributed by atoms with Crippen LogP contribution in [0.3, 0.4) is 0 Å². The highest BCUT2D eigenvalue weighted by atomic mass is 19.1. The van der Waals surface area contributed by atoms with Gasteiger partial charge in [-0.3, -0.25) is 0 Å². The van der Waals surface area contributed by atoms with Gasteiger partial charge in [0.05, 0.1) is 0 Å². The predicted octanol–water partition coefficient (Wildman–Crippen LogP) is 3.06. The molecule has 3 nitrogen and oxygen atoms in total. The second-order valence-corrected chi connectivity index (χ2v) is 4.61. The molecule has 2 rings (SSSR count). The Morgan fingerprint density at radius 3 is 2.81 bits per heavy atom. The number of rotatable bonds is 7. The first kappa shape index (κ1) is 15.0. The fourth-order valence-electron chi connectivity index (χ4n) is 2.05. The number of nitrogens with zero attached hydrogens (tertiary/aromatic N) is 1. The minimum Gasteiger partial charge on any atom is -0.478 e. The third-order valence-corrected chi connectivity index (χ3v) is 3.06. The maximum Gasteiger partial charge on any atom is 0.174 e. The summed E-state index contributed by atoms with van der Waals surface area (Å²) >= 11 is 0. The van der Waals surface area contributed by atoms with Crippen molar-refractivity contribution < 1.29 is 9.13 Å². The first-order valence-electron chi connectivity index (χ1n) is 6.82. The highest BCUT2D eigenvalue weighted by molar-refractivity contribution is 5.33. The van der Waals surface area contributed by atoms with Gasteiger partial charge in [0.15, 0.2) is 6.61 Å². The first-order chi connectivity index (χ1) is 10.3. The van der Waals surface area contributed by atoms with Gasteiger partial charge in [-0.1, -0.05) is 30.3 Å². The van der Waals surface area contributed by atoms with Crippen LogP contribution in [-0.4, -0.2) is 13.2 Å². The first-order valence-corrected chi connectivity index (χ1v) is 6.82. The van der Waals surface area contributed by atoms with Gasteiger partial charge < -0.3 is 10.1 Å². The average Bonchev–Trinajstić information content (AvgIpc) is 2.50. The lowest BCUT2D eigenvalue weighted by Crippen LogP contribution is -2.17. The van der Waals surface area contributed by atoms with E-state index >= 15 is 0 Å². The number of benzene rings is 2. The van der Waals surface area contributed by atoms with Crippen LogP contribution in [0.5, 0.6) is 5.75 Å². The Balaban J connectivity index is 1.82. The summed E-state index contributed by atoms with van der Waals surface area (Å²) in [6, 6.07) is 16.2. The van der Waals surface area contributed by atoms with E-state index in [4.69, 9.17) is 10.00 Å². The zero-order chi connectivity index (χ0) is 14.9. The zero-order valence-corrected chi connectivity index (χ0v) is 11.7. The van der Waals surface area contributed by atoms with Gasteiger partial charge in [0, 0.05) is 12.1 Å². The van der Waals surface area contributed by atoms with E-state index < -0.39 is 0 Å². The SMILES string of the molecule is N#CCOc1ccccc1CNCCc1cccc(F)c1. The van der Waals surface area contributed by atoms with E-state index in [2.05, 4.69) is 5.32 Å². The molecule has 0 radical (unpaired) electrons. The normalized spacial score (nSPS) is 10.1. The van der Waals surface area contributed by atoms with Gasteiger partial charge in [0.25, 0.3) is 0 Å². The summed E-state index contributed by atoms with van der Waals surface area (Å²) < 4.78 is 18.4. The second kappa shape index (κ2) is 8.03. The molecule has 0 spiro atoms. The van der Waals surface area contributed by atoms with Crippen LogP contribution in [0.1, 0.15) is 11.1 Å². The van der Waals surface area contributed by atoms with Crippen LogP contribution in [0.15, 0.2) is 48.5 Å². The molecule has 0 aliphatic carbocycles. The van der Waals surface area contributed by atoms with E-state index in [0.717, 1.165) is 29.8 Å².